The molecule has 1 amide bonds. The smallest absolute Gasteiger partial charge is 0.250 e. The predicted octanol–water partition coefficient (Wildman–Crippen LogP) is 1.94. The summed E-state index contributed by atoms with van der Waals surface area (Å²) in [4.78, 5) is 11.2. The molecule has 0 aromatic heterocycles. The van der Waals surface area contributed by atoms with Crippen LogP contribution in [0.15, 0.2) is 12.1 Å². The number of carbonyl (C=O) groups is 1. The third-order valence-corrected chi connectivity index (χ3v) is 2.11. The van der Waals surface area contributed by atoms with E-state index in [0.717, 1.165) is 0 Å². The minimum absolute atomic E-state index is 0.0154. The fraction of sp³-hybridized carbons (Fsp3) is 0.462. The predicted molar refractivity (Wildman–Crippen MR) is 70.9 cm³/mol. The number of hydrogen-bond donors (Lipinski definition) is 2. The number of nitrogens with two attached hydrogens (primary N) is 2. The van der Waals surface area contributed by atoms with Gasteiger partial charge in [0.1, 0.15) is 0 Å². The van der Waals surface area contributed by atoms with Crippen LogP contribution in [0.4, 0.5) is 5.69 Å². The van der Waals surface area contributed by atoms with Gasteiger partial charge < -0.3 is 20.9 Å². The van der Waals surface area contributed by atoms with Gasteiger partial charge in [0.2, 0.25) is 0 Å². The van der Waals surface area contributed by atoms with Crippen LogP contribution in [0.2, 0.25) is 0 Å². The number of rotatable bonds is 5. The monoisotopic (exact) mass is 252 g/mol. The summed E-state index contributed by atoms with van der Waals surface area (Å²) in [6.07, 6.45) is -0.0535. The molecule has 0 saturated carbocycles. The second kappa shape index (κ2) is 5.62. The summed E-state index contributed by atoms with van der Waals surface area (Å²) in [5.74, 6) is 0.403. The normalized spacial score (nSPS) is 10.8. The highest BCUT2D eigenvalue weighted by molar-refractivity contribution is 5.98. The van der Waals surface area contributed by atoms with Crippen molar-refractivity contribution in [1.29, 1.82) is 0 Å². The van der Waals surface area contributed by atoms with Gasteiger partial charge in [-0.1, -0.05) is 0 Å². The number of carbonyl (C=O) groups excluding carboxylic acids is 1. The van der Waals surface area contributed by atoms with Gasteiger partial charge in [0.05, 0.1) is 17.8 Å². The van der Waals surface area contributed by atoms with Crippen molar-refractivity contribution in [2.75, 3.05) is 5.73 Å². The minimum atomic E-state index is -0.586. The van der Waals surface area contributed by atoms with Crippen molar-refractivity contribution in [2.45, 2.75) is 39.9 Å². The van der Waals surface area contributed by atoms with Crippen LogP contribution in [0.1, 0.15) is 38.1 Å². The van der Waals surface area contributed by atoms with Gasteiger partial charge in [-0.05, 0) is 33.8 Å². The van der Waals surface area contributed by atoms with Gasteiger partial charge in [-0.3, -0.25) is 4.79 Å². The van der Waals surface area contributed by atoms with E-state index in [1.54, 1.807) is 6.07 Å². The lowest BCUT2D eigenvalue weighted by atomic mass is 10.1. The summed E-state index contributed by atoms with van der Waals surface area (Å²) < 4.78 is 11.2. The Morgan fingerprint density at radius 2 is 1.50 bits per heavy atom. The molecule has 18 heavy (non-hydrogen) atoms. The van der Waals surface area contributed by atoms with Gasteiger partial charge in [0.15, 0.2) is 11.5 Å². The standard InChI is InChI=1S/C13H20N2O3/c1-7(2)17-11-5-9(13(15)16)10(14)6-12(11)18-8(3)4/h5-8H,14H2,1-4H3,(H2,15,16). The SMILES string of the molecule is CC(C)Oc1cc(N)c(C(N)=O)cc1OC(C)C. The van der Waals surface area contributed by atoms with Crippen molar-refractivity contribution >= 4 is 11.6 Å². The highest BCUT2D eigenvalue weighted by Gasteiger charge is 2.15. The molecule has 0 bridgehead atoms. The third kappa shape index (κ3) is 3.55. The molecule has 0 radical (unpaired) electrons. The third-order valence-electron chi connectivity index (χ3n) is 2.11. The Balaban J connectivity index is 3.22. The van der Waals surface area contributed by atoms with E-state index in [-0.39, 0.29) is 23.5 Å². The van der Waals surface area contributed by atoms with Crippen molar-refractivity contribution in [3.05, 3.63) is 17.7 Å². The second-order valence-electron chi connectivity index (χ2n) is 4.58. The molecule has 5 nitrogen and oxygen atoms in total. The molecule has 0 spiro atoms. The summed E-state index contributed by atoms with van der Waals surface area (Å²) in [5.41, 5.74) is 11.5. The molecule has 4 N–H and O–H groups in total. The first kappa shape index (κ1) is 14.2. The van der Waals surface area contributed by atoms with Crippen LogP contribution >= 0.6 is 0 Å². The molecule has 5 heteroatoms. The Labute approximate surface area is 107 Å². The van der Waals surface area contributed by atoms with E-state index in [1.165, 1.54) is 6.07 Å². The van der Waals surface area contributed by atoms with Crippen molar-refractivity contribution in [2.24, 2.45) is 5.73 Å². The number of ether oxygens (including phenoxy) is 2. The molecule has 0 saturated heterocycles. The Kier molecular flexibility index (Phi) is 4.42. The molecular weight excluding hydrogens is 232 g/mol. The number of anilines is 1. The summed E-state index contributed by atoms with van der Waals surface area (Å²) in [5, 5.41) is 0. The number of hydrogen-bond acceptors (Lipinski definition) is 4. The number of amides is 1. The largest absolute Gasteiger partial charge is 0.487 e. The van der Waals surface area contributed by atoms with Crippen LogP contribution in [0, 0.1) is 0 Å². The quantitative estimate of drug-likeness (QED) is 0.784. The summed E-state index contributed by atoms with van der Waals surface area (Å²) >= 11 is 0. The van der Waals surface area contributed by atoms with E-state index in [0.29, 0.717) is 11.5 Å². The molecular formula is C13H20N2O3. The molecule has 0 aliphatic rings. The fourth-order valence-corrected chi connectivity index (χ4v) is 1.48. The van der Waals surface area contributed by atoms with E-state index >= 15 is 0 Å². The molecule has 1 rings (SSSR count). The molecule has 1 aromatic rings. The van der Waals surface area contributed by atoms with Gasteiger partial charge in [0, 0.05) is 11.8 Å². The fourth-order valence-electron chi connectivity index (χ4n) is 1.48. The summed E-state index contributed by atoms with van der Waals surface area (Å²) in [6.45, 7) is 7.58. The van der Waals surface area contributed by atoms with E-state index in [9.17, 15) is 4.79 Å². The molecule has 0 fully saturated rings. The average molecular weight is 252 g/mol. The van der Waals surface area contributed by atoms with Crippen molar-refractivity contribution in [3.8, 4) is 11.5 Å². The topological polar surface area (TPSA) is 87.6 Å². The van der Waals surface area contributed by atoms with Crippen LogP contribution in [-0.2, 0) is 0 Å². The van der Waals surface area contributed by atoms with Crippen molar-refractivity contribution < 1.29 is 14.3 Å². The average Bonchev–Trinajstić information content (AvgIpc) is 2.19. The Morgan fingerprint density at radius 1 is 1.06 bits per heavy atom. The first-order chi connectivity index (χ1) is 8.31. The number of nitrogen functional groups attached to an aromatic ring is 1. The van der Waals surface area contributed by atoms with Gasteiger partial charge in [-0.15, -0.1) is 0 Å². The first-order valence-electron chi connectivity index (χ1n) is 5.88. The zero-order chi connectivity index (χ0) is 13.9. The summed E-state index contributed by atoms with van der Waals surface area (Å²) in [6, 6.07) is 3.09. The molecule has 0 unspecified atom stereocenters. The van der Waals surface area contributed by atoms with Gasteiger partial charge in [-0.25, -0.2) is 0 Å². The Hall–Kier alpha value is -1.91. The minimum Gasteiger partial charge on any atom is -0.487 e. The van der Waals surface area contributed by atoms with Gasteiger partial charge in [-0.2, -0.15) is 0 Å². The maximum Gasteiger partial charge on any atom is 0.250 e. The van der Waals surface area contributed by atoms with Crippen LogP contribution in [-0.4, -0.2) is 18.1 Å². The van der Waals surface area contributed by atoms with Gasteiger partial charge >= 0.3 is 0 Å². The van der Waals surface area contributed by atoms with E-state index in [2.05, 4.69) is 0 Å². The first-order valence-corrected chi connectivity index (χ1v) is 5.88. The molecule has 0 atom stereocenters. The van der Waals surface area contributed by atoms with Crippen molar-refractivity contribution in [3.63, 3.8) is 0 Å². The number of primary amides is 1. The molecule has 0 aliphatic heterocycles. The van der Waals surface area contributed by atoms with Crippen LogP contribution in [0.25, 0.3) is 0 Å². The van der Waals surface area contributed by atoms with Crippen LogP contribution in [0.3, 0.4) is 0 Å². The van der Waals surface area contributed by atoms with Crippen LogP contribution < -0.4 is 20.9 Å². The zero-order valence-electron chi connectivity index (χ0n) is 11.2. The highest BCUT2D eigenvalue weighted by atomic mass is 16.5. The van der Waals surface area contributed by atoms with E-state index in [4.69, 9.17) is 20.9 Å². The van der Waals surface area contributed by atoms with Gasteiger partial charge in [0.25, 0.3) is 5.91 Å². The van der Waals surface area contributed by atoms with E-state index in [1.807, 2.05) is 27.7 Å². The maximum absolute atomic E-state index is 11.2. The molecule has 0 heterocycles. The van der Waals surface area contributed by atoms with Crippen LogP contribution in [0.5, 0.6) is 11.5 Å². The Morgan fingerprint density at radius 3 is 1.89 bits per heavy atom. The Bertz CT molecular complexity index is 442. The lowest BCUT2D eigenvalue weighted by molar-refractivity contribution is 0.1000. The summed E-state index contributed by atoms with van der Waals surface area (Å²) in [7, 11) is 0. The zero-order valence-corrected chi connectivity index (χ0v) is 11.2. The second-order valence-corrected chi connectivity index (χ2v) is 4.58. The molecule has 1 aromatic carbocycles. The lowest BCUT2D eigenvalue weighted by Crippen LogP contribution is -2.16. The molecule has 100 valence electrons. The van der Waals surface area contributed by atoms with E-state index < -0.39 is 5.91 Å². The molecule has 0 aliphatic carbocycles. The highest BCUT2D eigenvalue weighted by Crippen LogP contribution is 2.33. The maximum atomic E-state index is 11.2. The lowest BCUT2D eigenvalue weighted by Gasteiger charge is -2.18. The number of benzene rings is 1. The van der Waals surface area contributed by atoms with Crippen molar-refractivity contribution in [1.82, 2.24) is 0 Å².